The van der Waals surface area contributed by atoms with Gasteiger partial charge in [0, 0.05) is 23.6 Å². The summed E-state index contributed by atoms with van der Waals surface area (Å²) in [5.74, 6) is 1.10. The van der Waals surface area contributed by atoms with E-state index < -0.39 is 0 Å². The minimum absolute atomic E-state index is 0.0818. The largest absolute Gasteiger partial charge is 0.496 e. The molecule has 2 aliphatic rings. The molecule has 4 nitrogen and oxygen atoms in total. The van der Waals surface area contributed by atoms with E-state index in [2.05, 4.69) is 60.0 Å². The van der Waals surface area contributed by atoms with Gasteiger partial charge in [-0.3, -0.25) is 4.79 Å². The highest BCUT2D eigenvalue weighted by atomic mass is 16.5. The molecule has 1 heterocycles. The monoisotopic (exact) mass is 410 g/mol. The Bertz CT molecular complexity index is 1180. The first kappa shape index (κ1) is 19.4. The van der Waals surface area contributed by atoms with E-state index >= 15 is 0 Å². The molecule has 0 spiro atoms. The Hall–Kier alpha value is -3.53. The number of anilines is 2. The number of allylic oxidation sites excluding steroid dienone is 1. The van der Waals surface area contributed by atoms with Crippen molar-refractivity contribution >= 4 is 17.2 Å². The number of nitrogens with one attached hydrogen (secondary N) is 2. The number of para-hydroxylation sites is 3. The molecule has 3 aromatic rings. The predicted octanol–water partition coefficient (Wildman–Crippen LogP) is 5.98. The van der Waals surface area contributed by atoms with E-state index in [-0.39, 0.29) is 17.7 Å². The number of benzene rings is 3. The minimum atomic E-state index is -0.183. The Kier molecular flexibility index (Phi) is 4.99. The van der Waals surface area contributed by atoms with Gasteiger partial charge in [0.1, 0.15) is 5.75 Å². The highest BCUT2D eigenvalue weighted by molar-refractivity contribution is 6.01. The molecule has 0 bridgehead atoms. The molecule has 2 atom stereocenters. The van der Waals surface area contributed by atoms with Gasteiger partial charge < -0.3 is 15.4 Å². The normalized spacial score (nSPS) is 20.1. The van der Waals surface area contributed by atoms with Crippen molar-refractivity contribution in [2.45, 2.75) is 31.7 Å². The van der Waals surface area contributed by atoms with E-state index in [0.29, 0.717) is 6.42 Å². The lowest BCUT2D eigenvalue weighted by Crippen LogP contribution is -2.27. The highest BCUT2D eigenvalue weighted by Gasteiger charge is 2.36. The number of fused-ring (bicyclic) bond motifs is 1. The molecule has 2 N–H and O–H groups in total. The van der Waals surface area contributed by atoms with Crippen LogP contribution in [-0.4, -0.2) is 12.9 Å². The average Bonchev–Trinajstić information content (AvgIpc) is 2.96. The third-order valence-electron chi connectivity index (χ3n) is 6.26. The topological polar surface area (TPSA) is 50.4 Å². The molecule has 5 rings (SSSR count). The Balaban J connectivity index is 1.62. The van der Waals surface area contributed by atoms with E-state index in [1.54, 1.807) is 7.11 Å². The Morgan fingerprint density at radius 3 is 2.48 bits per heavy atom. The first-order valence-electron chi connectivity index (χ1n) is 10.7. The number of Topliss-reactive ketones (excluding diaryl/α,β-unsaturated/α-hetero) is 1. The van der Waals surface area contributed by atoms with Crippen LogP contribution in [0, 0.1) is 6.92 Å². The van der Waals surface area contributed by atoms with Crippen LogP contribution < -0.4 is 15.4 Å². The number of rotatable bonds is 3. The summed E-state index contributed by atoms with van der Waals surface area (Å²) in [5.41, 5.74) is 7.22. The van der Waals surface area contributed by atoms with Crippen LogP contribution in [-0.2, 0) is 4.79 Å². The second-order valence-electron chi connectivity index (χ2n) is 8.32. The summed E-state index contributed by atoms with van der Waals surface area (Å²) >= 11 is 0. The van der Waals surface area contributed by atoms with Gasteiger partial charge in [0.15, 0.2) is 5.78 Å². The van der Waals surface area contributed by atoms with Crippen LogP contribution in [0.5, 0.6) is 5.75 Å². The van der Waals surface area contributed by atoms with Gasteiger partial charge in [0.25, 0.3) is 0 Å². The fourth-order valence-corrected chi connectivity index (χ4v) is 4.82. The quantitative estimate of drug-likeness (QED) is 0.557. The van der Waals surface area contributed by atoms with E-state index in [9.17, 15) is 4.79 Å². The van der Waals surface area contributed by atoms with Crippen LogP contribution in [0.2, 0.25) is 0 Å². The zero-order chi connectivity index (χ0) is 21.4. The molecule has 0 saturated carbocycles. The predicted molar refractivity (Wildman–Crippen MR) is 125 cm³/mol. The maximum Gasteiger partial charge on any atom is 0.163 e. The molecular weight excluding hydrogens is 384 g/mol. The molecule has 3 aromatic carbocycles. The lowest BCUT2D eigenvalue weighted by Gasteiger charge is -2.30. The number of aryl methyl sites for hydroxylation is 1. The zero-order valence-electron chi connectivity index (χ0n) is 17.8. The van der Waals surface area contributed by atoms with Gasteiger partial charge in [-0.15, -0.1) is 0 Å². The minimum Gasteiger partial charge on any atom is -0.496 e. The molecule has 0 amide bonds. The number of ketones is 1. The van der Waals surface area contributed by atoms with Gasteiger partial charge in [-0.05, 0) is 42.7 Å². The third-order valence-corrected chi connectivity index (χ3v) is 6.26. The van der Waals surface area contributed by atoms with Crippen molar-refractivity contribution in [3.8, 4) is 5.75 Å². The van der Waals surface area contributed by atoms with Gasteiger partial charge >= 0.3 is 0 Å². The standard InChI is InChI=1S/C27H26N2O2/c1-17-8-7-9-18(14-17)27-26-23(28-21-11-4-5-12-22(21)29-27)15-19(16-24(26)30)20-10-3-6-13-25(20)31-2/h3-14,19,27-29H,15-16H2,1-2H3. The van der Waals surface area contributed by atoms with Crippen molar-refractivity contribution < 1.29 is 9.53 Å². The van der Waals surface area contributed by atoms with E-state index in [1.165, 1.54) is 5.56 Å². The smallest absolute Gasteiger partial charge is 0.163 e. The van der Waals surface area contributed by atoms with Crippen molar-refractivity contribution in [1.82, 2.24) is 0 Å². The van der Waals surface area contributed by atoms with Gasteiger partial charge in [-0.1, -0.05) is 60.2 Å². The summed E-state index contributed by atoms with van der Waals surface area (Å²) in [4.78, 5) is 13.6. The molecule has 1 aliphatic heterocycles. The molecule has 0 radical (unpaired) electrons. The van der Waals surface area contributed by atoms with Crippen molar-refractivity contribution in [1.29, 1.82) is 0 Å². The molecule has 156 valence electrons. The van der Waals surface area contributed by atoms with Crippen molar-refractivity contribution in [2.75, 3.05) is 17.7 Å². The first-order chi connectivity index (χ1) is 15.1. The Morgan fingerprint density at radius 2 is 1.68 bits per heavy atom. The number of ether oxygens (including phenoxy) is 1. The molecule has 0 saturated heterocycles. The maximum atomic E-state index is 13.6. The summed E-state index contributed by atoms with van der Waals surface area (Å²) in [7, 11) is 1.69. The highest BCUT2D eigenvalue weighted by Crippen LogP contribution is 2.45. The summed E-state index contributed by atoms with van der Waals surface area (Å²) in [6.07, 6.45) is 1.24. The lowest BCUT2D eigenvalue weighted by atomic mass is 9.78. The number of carbonyl (C=O) groups excluding carboxylic acids is 1. The van der Waals surface area contributed by atoms with Crippen LogP contribution in [0.15, 0.2) is 84.1 Å². The van der Waals surface area contributed by atoms with Crippen molar-refractivity contribution in [3.05, 3.63) is 101 Å². The fourth-order valence-electron chi connectivity index (χ4n) is 4.82. The van der Waals surface area contributed by atoms with Crippen LogP contribution in [0.25, 0.3) is 0 Å². The fraction of sp³-hybridized carbons (Fsp3) is 0.222. The van der Waals surface area contributed by atoms with E-state index in [1.807, 2.05) is 30.3 Å². The zero-order valence-corrected chi connectivity index (χ0v) is 17.8. The van der Waals surface area contributed by atoms with Gasteiger partial charge in [0.05, 0.1) is 24.5 Å². The molecule has 2 unspecified atom stereocenters. The lowest BCUT2D eigenvalue weighted by molar-refractivity contribution is -0.116. The molecule has 1 aliphatic carbocycles. The second kappa shape index (κ2) is 7.95. The van der Waals surface area contributed by atoms with Crippen molar-refractivity contribution in [2.24, 2.45) is 0 Å². The summed E-state index contributed by atoms with van der Waals surface area (Å²) < 4.78 is 5.59. The Labute approximate surface area is 183 Å². The number of methoxy groups -OCH3 is 1. The molecule has 0 aromatic heterocycles. The molecule has 0 fully saturated rings. The van der Waals surface area contributed by atoms with E-state index in [0.717, 1.165) is 45.9 Å². The van der Waals surface area contributed by atoms with Gasteiger partial charge in [-0.25, -0.2) is 0 Å². The number of carbonyl (C=O) groups is 1. The van der Waals surface area contributed by atoms with Gasteiger partial charge in [0.2, 0.25) is 0 Å². The van der Waals surface area contributed by atoms with Gasteiger partial charge in [-0.2, -0.15) is 0 Å². The van der Waals surface area contributed by atoms with Crippen LogP contribution in [0.1, 0.15) is 41.5 Å². The molecular formula is C27H26N2O2. The van der Waals surface area contributed by atoms with Crippen LogP contribution in [0.4, 0.5) is 11.4 Å². The van der Waals surface area contributed by atoms with E-state index in [4.69, 9.17) is 4.74 Å². The summed E-state index contributed by atoms with van der Waals surface area (Å²) in [6, 6.07) is 24.4. The first-order valence-corrected chi connectivity index (χ1v) is 10.7. The molecule has 4 heteroatoms. The average molecular weight is 411 g/mol. The molecule has 31 heavy (non-hydrogen) atoms. The Morgan fingerprint density at radius 1 is 0.903 bits per heavy atom. The van der Waals surface area contributed by atoms with Crippen LogP contribution in [0.3, 0.4) is 0 Å². The number of hydrogen-bond donors (Lipinski definition) is 2. The third kappa shape index (κ3) is 3.59. The SMILES string of the molecule is COc1ccccc1C1CC(=O)C2=C(C1)Nc1ccccc1NC2c1cccc(C)c1. The maximum absolute atomic E-state index is 13.6. The summed E-state index contributed by atoms with van der Waals surface area (Å²) in [6.45, 7) is 2.09. The van der Waals surface area contributed by atoms with Crippen molar-refractivity contribution in [3.63, 3.8) is 0 Å². The second-order valence-corrected chi connectivity index (χ2v) is 8.32. The summed E-state index contributed by atoms with van der Waals surface area (Å²) in [5, 5.41) is 7.24. The number of hydrogen-bond acceptors (Lipinski definition) is 4. The van der Waals surface area contributed by atoms with Crippen LogP contribution >= 0.6 is 0 Å².